The van der Waals surface area contributed by atoms with Crippen LogP contribution >= 0.6 is 0 Å². The summed E-state index contributed by atoms with van der Waals surface area (Å²) in [5.41, 5.74) is 6.59. The van der Waals surface area contributed by atoms with Crippen LogP contribution < -0.4 is 10.6 Å². The van der Waals surface area contributed by atoms with Crippen LogP contribution in [-0.4, -0.2) is 16.9 Å². The minimum atomic E-state index is -0.161. The molecular weight excluding hydrogens is 304 g/mol. The Labute approximate surface area is 151 Å². The van der Waals surface area contributed by atoms with Crippen LogP contribution in [0, 0.1) is 26.7 Å². The number of aryl methyl sites for hydroxylation is 2. The molecule has 0 fully saturated rings. The van der Waals surface area contributed by atoms with Crippen molar-refractivity contribution in [2.24, 2.45) is 5.92 Å². The molecule has 2 heterocycles. The quantitative estimate of drug-likeness (QED) is 0.853. The molecular formula is C23H30N2. The number of fused-ring (bicyclic) bond motifs is 1. The predicted molar refractivity (Wildman–Crippen MR) is 107 cm³/mol. The Bertz CT molecular complexity index is 924. The van der Waals surface area contributed by atoms with E-state index in [1.54, 1.807) is 0 Å². The molecule has 2 heteroatoms. The highest BCUT2D eigenvalue weighted by Crippen LogP contribution is 2.34. The lowest BCUT2D eigenvalue weighted by Gasteiger charge is -2.39. The molecule has 0 saturated heterocycles. The van der Waals surface area contributed by atoms with Gasteiger partial charge in [-0.15, -0.1) is 0 Å². The molecule has 1 atom stereocenters. The fourth-order valence-corrected chi connectivity index (χ4v) is 3.90. The molecule has 2 aromatic rings. The first-order valence-corrected chi connectivity index (χ1v) is 9.21. The maximum Gasteiger partial charge on any atom is 0.0858 e. The van der Waals surface area contributed by atoms with Crippen LogP contribution in [0.3, 0.4) is 0 Å². The number of pyridine rings is 1. The van der Waals surface area contributed by atoms with Gasteiger partial charge in [-0.3, -0.25) is 4.98 Å². The van der Waals surface area contributed by atoms with Crippen LogP contribution in [0.1, 0.15) is 48.6 Å². The number of benzene rings is 1. The summed E-state index contributed by atoms with van der Waals surface area (Å²) >= 11 is 0. The van der Waals surface area contributed by atoms with Crippen molar-refractivity contribution < 1.29 is 0 Å². The van der Waals surface area contributed by atoms with E-state index in [9.17, 15) is 0 Å². The second-order valence-electron chi connectivity index (χ2n) is 8.20. The first kappa shape index (κ1) is 17.7. The summed E-state index contributed by atoms with van der Waals surface area (Å²) in [7, 11) is 2.15. The summed E-state index contributed by atoms with van der Waals surface area (Å²) in [4.78, 5) is 7.01. The van der Waals surface area contributed by atoms with Gasteiger partial charge in [-0.05, 0) is 74.4 Å². The van der Waals surface area contributed by atoms with Crippen molar-refractivity contribution >= 4 is 12.3 Å². The number of hydrogen-bond acceptors (Lipinski definition) is 2. The lowest BCUT2D eigenvalue weighted by Crippen LogP contribution is -2.47. The van der Waals surface area contributed by atoms with Gasteiger partial charge in [0, 0.05) is 24.7 Å². The number of nitrogens with zero attached hydrogens (tertiary/aromatic N) is 2. The number of aromatic nitrogens is 1. The Balaban J connectivity index is 2.20. The maximum absolute atomic E-state index is 4.71. The van der Waals surface area contributed by atoms with Gasteiger partial charge in [0.2, 0.25) is 0 Å². The average molecular weight is 335 g/mol. The minimum Gasteiger partial charge on any atom is -0.366 e. The van der Waals surface area contributed by atoms with Gasteiger partial charge in [-0.2, -0.15) is 0 Å². The van der Waals surface area contributed by atoms with E-state index in [-0.39, 0.29) is 5.54 Å². The van der Waals surface area contributed by atoms with Crippen molar-refractivity contribution in [1.29, 1.82) is 0 Å². The number of rotatable bonds is 3. The fourth-order valence-electron chi connectivity index (χ4n) is 3.90. The maximum atomic E-state index is 4.71. The van der Waals surface area contributed by atoms with Gasteiger partial charge >= 0.3 is 0 Å². The second-order valence-corrected chi connectivity index (χ2v) is 8.20. The van der Waals surface area contributed by atoms with Gasteiger partial charge in [0.1, 0.15) is 0 Å². The van der Waals surface area contributed by atoms with Crippen LogP contribution in [0.2, 0.25) is 0 Å². The molecule has 0 saturated carbocycles. The topological polar surface area (TPSA) is 16.1 Å². The van der Waals surface area contributed by atoms with Crippen molar-refractivity contribution in [3.05, 3.63) is 62.8 Å². The van der Waals surface area contributed by atoms with E-state index in [0.717, 1.165) is 11.8 Å². The smallest absolute Gasteiger partial charge is 0.0858 e. The third-order valence-corrected chi connectivity index (χ3v) is 5.49. The highest BCUT2D eigenvalue weighted by Gasteiger charge is 2.31. The van der Waals surface area contributed by atoms with Gasteiger partial charge < -0.3 is 4.90 Å². The Hall–Kier alpha value is -2.09. The zero-order valence-electron chi connectivity index (χ0n) is 16.6. The van der Waals surface area contributed by atoms with Gasteiger partial charge in [0.15, 0.2) is 0 Å². The first-order chi connectivity index (χ1) is 11.7. The number of hydrogen-bond donors (Lipinski definition) is 0. The SMILES string of the molecule is Cc1cc(C)c(C)c(C2(C)C=c3cc(CC(C)C)cnc3=CN2C)c1. The molecule has 0 N–H and O–H groups in total. The molecule has 1 aliphatic heterocycles. The Morgan fingerprint density at radius 2 is 1.84 bits per heavy atom. The normalized spacial score (nSPS) is 19.4. The largest absolute Gasteiger partial charge is 0.366 e. The zero-order chi connectivity index (χ0) is 18.4. The average Bonchev–Trinajstić information content (AvgIpc) is 2.51. The van der Waals surface area contributed by atoms with Crippen LogP contribution in [0.25, 0.3) is 12.3 Å². The summed E-state index contributed by atoms with van der Waals surface area (Å²) in [6, 6.07) is 6.92. The molecule has 1 aromatic carbocycles. The summed E-state index contributed by atoms with van der Waals surface area (Å²) in [6.07, 6.45) is 7.68. The summed E-state index contributed by atoms with van der Waals surface area (Å²) in [5, 5.41) is 2.31. The van der Waals surface area contributed by atoms with Crippen molar-refractivity contribution in [3.8, 4) is 0 Å². The van der Waals surface area contributed by atoms with Gasteiger partial charge in [-0.25, -0.2) is 0 Å². The van der Waals surface area contributed by atoms with Crippen molar-refractivity contribution in [2.45, 2.75) is 53.5 Å². The van der Waals surface area contributed by atoms with Gasteiger partial charge in [0.05, 0.1) is 10.9 Å². The molecule has 2 nitrogen and oxygen atoms in total. The van der Waals surface area contributed by atoms with E-state index < -0.39 is 0 Å². The lowest BCUT2D eigenvalue weighted by molar-refractivity contribution is 0.308. The van der Waals surface area contributed by atoms with Gasteiger partial charge in [0.25, 0.3) is 0 Å². The van der Waals surface area contributed by atoms with E-state index in [2.05, 4.69) is 84.0 Å². The van der Waals surface area contributed by atoms with Crippen molar-refractivity contribution in [1.82, 2.24) is 9.88 Å². The van der Waals surface area contributed by atoms with E-state index in [4.69, 9.17) is 4.98 Å². The summed E-state index contributed by atoms with van der Waals surface area (Å²) < 4.78 is 0. The zero-order valence-corrected chi connectivity index (χ0v) is 16.6. The standard InChI is InChI=1S/C23H30N2/c1-15(2)8-19-11-20-12-23(6,25(7)14-22(20)24-13-19)21-10-16(3)9-17(4)18(21)5/h9-15H,8H2,1-7H3. The molecule has 0 amide bonds. The van der Waals surface area contributed by atoms with Gasteiger partial charge in [-0.1, -0.05) is 31.5 Å². The minimum absolute atomic E-state index is 0.161. The molecule has 25 heavy (non-hydrogen) atoms. The highest BCUT2D eigenvalue weighted by molar-refractivity contribution is 5.55. The molecule has 132 valence electrons. The summed E-state index contributed by atoms with van der Waals surface area (Å²) in [6.45, 7) is 13.4. The highest BCUT2D eigenvalue weighted by atomic mass is 15.2. The van der Waals surface area contributed by atoms with Crippen molar-refractivity contribution in [2.75, 3.05) is 7.05 Å². The van der Waals surface area contributed by atoms with Crippen molar-refractivity contribution in [3.63, 3.8) is 0 Å². The third kappa shape index (κ3) is 3.22. The van der Waals surface area contributed by atoms with Crippen LogP contribution in [0.5, 0.6) is 0 Å². The Morgan fingerprint density at radius 3 is 2.52 bits per heavy atom. The van der Waals surface area contributed by atoms with E-state index in [1.165, 1.54) is 33.0 Å². The van der Waals surface area contributed by atoms with Crippen LogP contribution in [0.4, 0.5) is 0 Å². The van der Waals surface area contributed by atoms with E-state index in [0.29, 0.717) is 5.92 Å². The Morgan fingerprint density at radius 1 is 1.12 bits per heavy atom. The Kier molecular flexibility index (Phi) is 4.49. The molecule has 0 radical (unpaired) electrons. The lowest BCUT2D eigenvalue weighted by atomic mass is 9.82. The van der Waals surface area contributed by atoms with E-state index in [1.807, 2.05) is 6.20 Å². The molecule has 1 aliphatic rings. The predicted octanol–water partition coefficient (Wildman–Crippen LogP) is 3.58. The molecule has 3 rings (SSSR count). The van der Waals surface area contributed by atoms with E-state index >= 15 is 0 Å². The second kappa shape index (κ2) is 6.33. The molecule has 1 unspecified atom stereocenters. The third-order valence-electron chi connectivity index (χ3n) is 5.49. The molecule has 0 bridgehead atoms. The van der Waals surface area contributed by atoms with Crippen LogP contribution in [-0.2, 0) is 12.0 Å². The summed E-state index contributed by atoms with van der Waals surface area (Å²) in [5.74, 6) is 0.642. The molecule has 1 aromatic heterocycles. The first-order valence-electron chi connectivity index (χ1n) is 9.21. The molecule has 0 aliphatic carbocycles. The molecule has 0 spiro atoms. The van der Waals surface area contributed by atoms with Crippen LogP contribution in [0.15, 0.2) is 24.4 Å². The fraction of sp³-hybridized carbons (Fsp3) is 0.435. The monoisotopic (exact) mass is 334 g/mol.